The fourth-order valence-electron chi connectivity index (χ4n) is 2.26. The molecule has 3 rings (SSSR count). The maximum atomic E-state index is 11.4. The van der Waals surface area contributed by atoms with E-state index in [9.17, 15) is 4.79 Å². The Balaban J connectivity index is 1.95. The Hall–Kier alpha value is -2.24. The van der Waals surface area contributed by atoms with Crippen molar-refractivity contribution in [2.24, 2.45) is 0 Å². The summed E-state index contributed by atoms with van der Waals surface area (Å²) in [4.78, 5) is 20.1. The first-order valence-corrected chi connectivity index (χ1v) is 5.89. The average Bonchev–Trinajstić information content (AvgIpc) is 2.65. The summed E-state index contributed by atoms with van der Waals surface area (Å²) in [5.41, 5.74) is 6.49. The van der Waals surface area contributed by atoms with Gasteiger partial charge in [-0.2, -0.15) is 4.98 Å². The number of aromatic nitrogens is 2. The lowest BCUT2D eigenvalue weighted by Gasteiger charge is -2.21. The molecule has 2 aromatic rings. The maximum absolute atomic E-state index is 11.4. The number of aryl methyl sites for hydroxylation is 1. The van der Waals surface area contributed by atoms with E-state index in [0.29, 0.717) is 12.4 Å². The molecule has 0 bridgehead atoms. The van der Waals surface area contributed by atoms with Crippen LogP contribution in [0.4, 0.5) is 11.8 Å². The number of furan rings is 1. The highest BCUT2D eigenvalue weighted by molar-refractivity contribution is 5.42. The van der Waals surface area contributed by atoms with Crippen LogP contribution in [0.25, 0.3) is 0 Å². The number of hydrogen-bond donors (Lipinski definition) is 2. The molecule has 3 N–H and O–H groups in total. The number of nitrogens with zero attached hydrogens (tertiary/aromatic N) is 2. The van der Waals surface area contributed by atoms with Crippen molar-refractivity contribution >= 4 is 11.8 Å². The van der Waals surface area contributed by atoms with Gasteiger partial charge in [-0.3, -0.25) is 9.78 Å². The normalized spacial score (nSPS) is 15.2. The smallest absolute Gasteiger partial charge is 0.254 e. The van der Waals surface area contributed by atoms with E-state index >= 15 is 0 Å². The molecule has 1 aliphatic heterocycles. The monoisotopic (exact) mass is 246 g/mol. The summed E-state index contributed by atoms with van der Waals surface area (Å²) in [6.45, 7) is 1.53. The highest BCUT2D eigenvalue weighted by Crippen LogP contribution is 2.22. The van der Waals surface area contributed by atoms with Crippen LogP contribution in [0.1, 0.15) is 17.7 Å². The first-order chi connectivity index (χ1) is 8.72. The predicted molar refractivity (Wildman–Crippen MR) is 67.3 cm³/mol. The average molecular weight is 246 g/mol. The quantitative estimate of drug-likeness (QED) is 0.780. The molecule has 6 nitrogen and oxygen atoms in total. The van der Waals surface area contributed by atoms with Gasteiger partial charge in [0.1, 0.15) is 11.6 Å². The van der Waals surface area contributed by atoms with Crippen molar-refractivity contribution in [1.82, 2.24) is 9.97 Å². The second kappa shape index (κ2) is 4.21. The first kappa shape index (κ1) is 10.9. The van der Waals surface area contributed by atoms with Gasteiger partial charge >= 0.3 is 0 Å². The molecule has 0 saturated carbocycles. The molecule has 0 aromatic carbocycles. The maximum Gasteiger partial charge on any atom is 0.254 e. The van der Waals surface area contributed by atoms with E-state index in [2.05, 4.69) is 9.97 Å². The van der Waals surface area contributed by atoms with Crippen LogP contribution in [-0.2, 0) is 13.0 Å². The van der Waals surface area contributed by atoms with Crippen molar-refractivity contribution in [3.8, 4) is 0 Å². The largest absolute Gasteiger partial charge is 0.469 e. The van der Waals surface area contributed by atoms with Gasteiger partial charge in [0.2, 0.25) is 5.95 Å². The van der Waals surface area contributed by atoms with Gasteiger partial charge in [-0.15, -0.1) is 0 Å². The number of nitrogen functional groups attached to an aromatic ring is 1. The lowest BCUT2D eigenvalue weighted by Crippen LogP contribution is -2.26. The van der Waals surface area contributed by atoms with E-state index < -0.39 is 0 Å². The molecule has 0 unspecified atom stereocenters. The number of anilines is 2. The summed E-state index contributed by atoms with van der Waals surface area (Å²) in [5, 5.41) is 0. The molecule has 94 valence electrons. The number of H-pyrrole nitrogens is 1. The van der Waals surface area contributed by atoms with Gasteiger partial charge in [0, 0.05) is 31.1 Å². The predicted octanol–water partition coefficient (Wildman–Crippen LogP) is 0.898. The molecular weight excluding hydrogens is 232 g/mol. The minimum absolute atomic E-state index is 0.147. The zero-order valence-electron chi connectivity index (χ0n) is 9.85. The van der Waals surface area contributed by atoms with Crippen LogP contribution in [0.15, 0.2) is 27.6 Å². The van der Waals surface area contributed by atoms with Crippen molar-refractivity contribution in [3.05, 3.63) is 40.1 Å². The summed E-state index contributed by atoms with van der Waals surface area (Å²) in [6, 6.07) is 3.44. The van der Waals surface area contributed by atoms with Crippen LogP contribution in [0.2, 0.25) is 0 Å². The van der Waals surface area contributed by atoms with Crippen LogP contribution in [-0.4, -0.2) is 16.5 Å². The van der Waals surface area contributed by atoms with E-state index in [0.717, 1.165) is 30.7 Å². The molecule has 0 spiro atoms. The van der Waals surface area contributed by atoms with E-state index in [-0.39, 0.29) is 11.5 Å². The third-order valence-corrected chi connectivity index (χ3v) is 3.10. The Bertz CT molecular complexity index is 617. The highest BCUT2D eigenvalue weighted by Gasteiger charge is 2.18. The van der Waals surface area contributed by atoms with E-state index in [1.54, 1.807) is 6.26 Å². The fourth-order valence-corrected chi connectivity index (χ4v) is 2.26. The molecule has 0 radical (unpaired) electrons. The van der Waals surface area contributed by atoms with Gasteiger partial charge in [-0.05, 0) is 12.5 Å². The molecule has 0 aliphatic carbocycles. The molecular formula is C12H14N4O2. The minimum atomic E-state index is -0.228. The van der Waals surface area contributed by atoms with Crippen LogP contribution in [0, 0.1) is 0 Å². The fraction of sp³-hybridized carbons (Fsp3) is 0.333. The number of nitrogens with two attached hydrogens (primary N) is 1. The van der Waals surface area contributed by atoms with Gasteiger partial charge in [0.15, 0.2) is 0 Å². The van der Waals surface area contributed by atoms with Crippen LogP contribution < -0.4 is 16.2 Å². The number of fused-ring (bicyclic) bond motifs is 1. The van der Waals surface area contributed by atoms with Gasteiger partial charge in [-0.25, -0.2) is 0 Å². The van der Waals surface area contributed by atoms with E-state index in [4.69, 9.17) is 10.2 Å². The first-order valence-electron chi connectivity index (χ1n) is 5.89. The molecule has 0 amide bonds. The molecule has 0 saturated heterocycles. The second-order valence-electron chi connectivity index (χ2n) is 4.38. The van der Waals surface area contributed by atoms with Gasteiger partial charge in [0.05, 0.1) is 6.26 Å². The third-order valence-electron chi connectivity index (χ3n) is 3.10. The lowest BCUT2D eigenvalue weighted by molar-refractivity contribution is 0.504. The molecule has 6 heteroatoms. The number of rotatable bonds is 1. The number of aromatic amines is 1. The Morgan fingerprint density at radius 2 is 2.39 bits per heavy atom. The van der Waals surface area contributed by atoms with Crippen molar-refractivity contribution in [3.63, 3.8) is 0 Å². The zero-order chi connectivity index (χ0) is 12.5. The molecule has 2 aromatic heterocycles. The Kier molecular flexibility index (Phi) is 2.55. The lowest BCUT2D eigenvalue weighted by atomic mass is 10.2. The highest BCUT2D eigenvalue weighted by atomic mass is 16.3. The topological polar surface area (TPSA) is 88.2 Å². The number of hydrogen-bond acceptors (Lipinski definition) is 5. The van der Waals surface area contributed by atoms with Crippen LogP contribution >= 0.6 is 0 Å². The zero-order valence-corrected chi connectivity index (χ0v) is 9.85. The standard InChI is InChI=1S/C12H14N4O2/c13-12-14-10(6-11(17)15-12)16-4-1-2-9-8(7-16)3-5-18-9/h3,5-6H,1-2,4,7H2,(H3,13,14,15,17). The van der Waals surface area contributed by atoms with Crippen molar-refractivity contribution in [1.29, 1.82) is 0 Å². The third kappa shape index (κ3) is 1.97. The summed E-state index contributed by atoms with van der Waals surface area (Å²) in [5.74, 6) is 1.79. The van der Waals surface area contributed by atoms with Gasteiger partial charge in [-0.1, -0.05) is 0 Å². The minimum Gasteiger partial charge on any atom is -0.469 e. The van der Waals surface area contributed by atoms with Gasteiger partial charge in [0.25, 0.3) is 5.56 Å². The second-order valence-corrected chi connectivity index (χ2v) is 4.38. The van der Waals surface area contributed by atoms with Crippen molar-refractivity contribution < 1.29 is 4.42 Å². The molecule has 1 aliphatic rings. The van der Waals surface area contributed by atoms with Crippen molar-refractivity contribution in [2.75, 3.05) is 17.2 Å². The van der Waals surface area contributed by atoms with Crippen LogP contribution in [0.3, 0.4) is 0 Å². The summed E-state index contributed by atoms with van der Waals surface area (Å²) >= 11 is 0. The summed E-state index contributed by atoms with van der Waals surface area (Å²) in [7, 11) is 0. The van der Waals surface area contributed by atoms with Gasteiger partial charge < -0.3 is 15.1 Å². The molecule has 3 heterocycles. The Labute approximate surface area is 103 Å². The van der Waals surface area contributed by atoms with Crippen LogP contribution in [0.5, 0.6) is 0 Å². The molecule has 0 fully saturated rings. The number of nitrogens with one attached hydrogen (secondary N) is 1. The Morgan fingerprint density at radius 1 is 1.50 bits per heavy atom. The SMILES string of the molecule is Nc1nc(N2CCCc3occc3C2)cc(=O)[nH]1. The molecule has 0 atom stereocenters. The summed E-state index contributed by atoms with van der Waals surface area (Å²) in [6.07, 6.45) is 3.58. The Morgan fingerprint density at radius 3 is 3.22 bits per heavy atom. The van der Waals surface area contributed by atoms with E-state index in [1.165, 1.54) is 6.07 Å². The summed E-state index contributed by atoms with van der Waals surface area (Å²) < 4.78 is 5.43. The van der Waals surface area contributed by atoms with Crippen molar-refractivity contribution in [2.45, 2.75) is 19.4 Å². The van der Waals surface area contributed by atoms with E-state index in [1.807, 2.05) is 11.0 Å². The molecule has 18 heavy (non-hydrogen) atoms.